The van der Waals surface area contributed by atoms with Gasteiger partial charge in [0.15, 0.2) is 5.82 Å². The predicted molar refractivity (Wildman–Crippen MR) is 121 cm³/mol. The van der Waals surface area contributed by atoms with Gasteiger partial charge in [0.1, 0.15) is 23.1 Å². The zero-order valence-electron chi connectivity index (χ0n) is 18.3. The van der Waals surface area contributed by atoms with Gasteiger partial charge in [0.2, 0.25) is 0 Å². The molecular formula is C24H24F2N4O3. The lowest BCUT2D eigenvalue weighted by Crippen LogP contribution is -2.33. The lowest BCUT2D eigenvalue weighted by molar-refractivity contribution is 0.102. The number of ether oxygens (including phenoxy) is 2. The van der Waals surface area contributed by atoms with E-state index in [0.717, 1.165) is 19.4 Å². The van der Waals surface area contributed by atoms with Gasteiger partial charge < -0.3 is 19.7 Å². The van der Waals surface area contributed by atoms with Crippen molar-refractivity contribution in [2.75, 3.05) is 37.6 Å². The minimum Gasteiger partial charge on any atom is -0.496 e. The molecule has 33 heavy (non-hydrogen) atoms. The molecule has 1 unspecified atom stereocenters. The first kappa shape index (κ1) is 22.6. The third kappa shape index (κ3) is 4.78. The molecule has 1 atom stereocenters. The van der Waals surface area contributed by atoms with E-state index < -0.39 is 17.5 Å². The molecule has 9 heteroatoms. The van der Waals surface area contributed by atoms with E-state index in [1.807, 2.05) is 0 Å². The quantitative estimate of drug-likeness (QED) is 0.574. The molecule has 0 bridgehead atoms. The zero-order chi connectivity index (χ0) is 23.4. The van der Waals surface area contributed by atoms with Crippen LogP contribution in [-0.4, -0.2) is 49.3 Å². The summed E-state index contributed by atoms with van der Waals surface area (Å²) in [6.07, 6.45) is 3.28. The summed E-state index contributed by atoms with van der Waals surface area (Å²) < 4.78 is 39.1. The molecule has 1 amide bonds. The molecule has 1 aromatic heterocycles. The second kappa shape index (κ2) is 9.91. The van der Waals surface area contributed by atoms with Crippen LogP contribution in [0.1, 0.15) is 23.3 Å². The van der Waals surface area contributed by atoms with Crippen LogP contribution in [0.3, 0.4) is 0 Å². The number of methoxy groups -OCH3 is 2. The number of nitrogens with zero attached hydrogens (tertiary/aromatic N) is 3. The second-order valence-corrected chi connectivity index (χ2v) is 7.64. The number of carbonyl (C=O) groups excluding carboxylic acids is 1. The number of carbonyl (C=O) groups is 1. The normalized spacial score (nSPS) is 15.5. The fraction of sp³-hybridized carbons (Fsp3) is 0.292. The number of benzene rings is 2. The molecule has 2 aromatic carbocycles. The molecular weight excluding hydrogens is 430 g/mol. The van der Waals surface area contributed by atoms with Crippen molar-refractivity contribution in [3.05, 3.63) is 66.0 Å². The fourth-order valence-electron chi connectivity index (χ4n) is 4.06. The van der Waals surface area contributed by atoms with Gasteiger partial charge in [-0.2, -0.15) is 0 Å². The number of hydrogen-bond donors (Lipinski definition) is 1. The van der Waals surface area contributed by atoms with Gasteiger partial charge in [0.25, 0.3) is 5.91 Å². The maximum Gasteiger partial charge on any atom is 0.274 e. The maximum absolute atomic E-state index is 14.5. The average Bonchev–Trinajstić information content (AvgIpc) is 3.27. The van der Waals surface area contributed by atoms with Gasteiger partial charge in [-0.1, -0.05) is 6.07 Å². The number of amides is 1. The lowest BCUT2D eigenvalue weighted by atomic mass is 10.1. The van der Waals surface area contributed by atoms with Crippen LogP contribution < -0.4 is 15.0 Å². The Bertz CT molecular complexity index is 1160. The van der Waals surface area contributed by atoms with Gasteiger partial charge in [0.05, 0.1) is 36.7 Å². The number of halogens is 2. The van der Waals surface area contributed by atoms with Crippen LogP contribution in [0.5, 0.6) is 5.75 Å². The molecule has 4 rings (SSSR count). The Morgan fingerprint density at radius 3 is 2.85 bits per heavy atom. The standard InChI is InChI=1S/C24H24F2N4O3/c1-32-14-16-5-4-12-30(16)20-9-8-15(25)13-19(20)29-24(31)18-10-11-27-23(28-18)22-17(26)6-3-7-21(22)33-2/h3,6-11,13,16H,4-5,12,14H2,1-2H3,(H,29,31). The molecule has 0 saturated carbocycles. The molecule has 1 saturated heterocycles. The van der Waals surface area contributed by atoms with Crippen molar-refractivity contribution < 1.29 is 23.0 Å². The van der Waals surface area contributed by atoms with E-state index in [4.69, 9.17) is 9.47 Å². The highest BCUT2D eigenvalue weighted by atomic mass is 19.1. The Hall–Kier alpha value is -3.59. The van der Waals surface area contributed by atoms with E-state index in [1.165, 1.54) is 43.6 Å². The molecule has 7 nitrogen and oxygen atoms in total. The van der Waals surface area contributed by atoms with E-state index in [0.29, 0.717) is 18.0 Å². The molecule has 1 fully saturated rings. The Morgan fingerprint density at radius 2 is 2.06 bits per heavy atom. The molecule has 2 heterocycles. The minimum atomic E-state index is -0.572. The number of rotatable bonds is 7. The van der Waals surface area contributed by atoms with Crippen molar-refractivity contribution in [2.45, 2.75) is 18.9 Å². The molecule has 1 aliphatic rings. The van der Waals surface area contributed by atoms with Crippen LogP contribution in [0, 0.1) is 11.6 Å². The smallest absolute Gasteiger partial charge is 0.274 e. The van der Waals surface area contributed by atoms with Gasteiger partial charge in [-0.15, -0.1) is 0 Å². The highest BCUT2D eigenvalue weighted by Crippen LogP contribution is 2.34. The van der Waals surface area contributed by atoms with E-state index in [-0.39, 0.29) is 28.9 Å². The van der Waals surface area contributed by atoms with Crippen molar-refractivity contribution in [1.29, 1.82) is 0 Å². The van der Waals surface area contributed by atoms with Crippen LogP contribution in [0.15, 0.2) is 48.7 Å². The first-order valence-corrected chi connectivity index (χ1v) is 10.5. The summed E-state index contributed by atoms with van der Waals surface area (Å²) in [5.41, 5.74) is 1.09. The predicted octanol–water partition coefficient (Wildman–Crippen LogP) is 4.30. The summed E-state index contributed by atoms with van der Waals surface area (Å²) in [7, 11) is 3.05. The molecule has 0 spiro atoms. The van der Waals surface area contributed by atoms with Crippen LogP contribution in [0.4, 0.5) is 20.2 Å². The fourth-order valence-corrected chi connectivity index (χ4v) is 4.06. The monoisotopic (exact) mass is 454 g/mol. The van der Waals surface area contributed by atoms with Crippen molar-refractivity contribution in [2.24, 2.45) is 0 Å². The summed E-state index contributed by atoms with van der Waals surface area (Å²) in [4.78, 5) is 23.5. The van der Waals surface area contributed by atoms with Crippen molar-refractivity contribution in [1.82, 2.24) is 9.97 Å². The summed E-state index contributed by atoms with van der Waals surface area (Å²) in [5, 5.41) is 2.75. The second-order valence-electron chi connectivity index (χ2n) is 7.64. The number of aromatic nitrogens is 2. The Morgan fingerprint density at radius 1 is 1.21 bits per heavy atom. The molecule has 0 aliphatic carbocycles. The summed E-state index contributed by atoms with van der Waals surface area (Å²) in [5.74, 6) is -1.35. The van der Waals surface area contributed by atoms with Gasteiger partial charge in [-0.25, -0.2) is 18.7 Å². The average molecular weight is 454 g/mol. The maximum atomic E-state index is 14.5. The largest absolute Gasteiger partial charge is 0.496 e. The number of hydrogen-bond acceptors (Lipinski definition) is 6. The molecule has 172 valence electrons. The van der Waals surface area contributed by atoms with Gasteiger partial charge >= 0.3 is 0 Å². The van der Waals surface area contributed by atoms with Crippen molar-refractivity contribution in [3.8, 4) is 17.1 Å². The minimum absolute atomic E-state index is 0.00961. The molecule has 1 N–H and O–H groups in total. The third-order valence-corrected chi connectivity index (χ3v) is 5.56. The van der Waals surface area contributed by atoms with Gasteiger partial charge in [0, 0.05) is 19.9 Å². The van der Waals surface area contributed by atoms with Crippen LogP contribution in [-0.2, 0) is 4.74 Å². The molecule has 0 radical (unpaired) electrons. The molecule has 1 aliphatic heterocycles. The zero-order valence-corrected chi connectivity index (χ0v) is 18.3. The van der Waals surface area contributed by atoms with E-state index >= 15 is 0 Å². The summed E-state index contributed by atoms with van der Waals surface area (Å²) in [6.45, 7) is 1.30. The highest BCUT2D eigenvalue weighted by molar-refractivity contribution is 6.05. The van der Waals surface area contributed by atoms with Gasteiger partial charge in [-0.05, 0) is 49.2 Å². The van der Waals surface area contributed by atoms with Gasteiger partial charge in [-0.3, -0.25) is 4.79 Å². The Balaban J connectivity index is 1.64. The summed E-state index contributed by atoms with van der Waals surface area (Å²) >= 11 is 0. The highest BCUT2D eigenvalue weighted by Gasteiger charge is 2.27. The number of anilines is 2. The summed E-state index contributed by atoms with van der Waals surface area (Å²) in [6, 6.07) is 10.2. The van der Waals surface area contributed by atoms with E-state index in [1.54, 1.807) is 19.2 Å². The van der Waals surface area contributed by atoms with E-state index in [9.17, 15) is 13.6 Å². The Labute approximate surface area is 190 Å². The van der Waals surface area contributed by atoms with Crippen molar-refractivity contribution in [3.63, 3.8) is 0 Å². The van der Waals surface area contributed by atoms with Crippen molar-refractivity contribution >= 4 is 17.3 Å². The first-order chi connectivity index (χ1) is 16.0. The Kier molecular flexibility index (Phi) is 6.79. The van der Waals surface area contributed by atoms with Crippen LogP contribution >= 0.6 is 0 Å². The third-order valence-electron chi connectivity index (χ3n) is 5.56. The van der Waals surface area contributed by atoms with Crippen LogP contribution in [0.25, 0.3) is 11.4 Å². The van der Waals surface area contributed by atoms with E-state index in [2.05, 4.69) is 20.2 Å². The lowest BCUT2D eigenvalue weighted by Gasteiger charge is -2.28. The number of nitrogens with one attached hydrogen (secondary N) is 1. The van der Waals surface area contributed by atoms with Crippen LogP contribution in [0.2, 0.25) is 0 Å². The topological polar surface area (TPSA) is 76.6 Å². The molecule has 3 aromatic rings. The first-order valence-electron chi connectivity index (χ1n) is 10.5. The SMILES string of the molecule is COCC1CCCN1c1ccc(F)cc1NC(=O)c1ccnc(-c2c(F)cccc2OC)n1.